The average Bonchev–Trinajstić information content (AvgIpc) is 1.69. The summed E-state index contributed by atoms with van der Waals surface area (Å²) in [5, 5.41) is 0. The summed E-state index contributed by atoms with van der Waals surface area (Å²) in [5.41, 5.74) is 4.40. The van der Waals surface area contributed by atoms with Crippen LogP contribution in [0.1, 0.15) is 20.8 Å². The van der Waals surface area contributed by atoms with E-state index >= 15 is 0 Å². The van der Waals surface area contributed by atoms with Gasteiger partial charge in [0.25, 0.3) is 0 Å². The quantitative estimate of drug-likeness (QED) is 0.418. The molecule has 0 spiro atoms. The standard InChI is InChI=1S/C7H8.CH4/c1-7-5-3-2-4-6-7;/h3-5H,6H2,1H3;1H4. The molecule has 0 heterocycles. The molecule has 0 amide bonds. The summed E-state index contributed by atoms with van der Waals surface area (Å²) in [6.07, 6.45) is 7.14. The highest BCUT2D eigenvalue weighted by molar-refractivity contribution is 5.17. The van der Waals surface area contributed by atoms with Crippen LogP contribution in [0.25, 0.3) is 0 Å². The Morgan fingerprint density at radius 1 is 1.62 bits per heavy atom. The third kappa shape index (κ3) is 1.81. The summed E-state index contributed by atoms with van der Waals surface area (Å²) in [7, 11) is 0. The molecule has 8 heavy (non-hydrogen) atoms. The molecule has 0 bridgehead atoms. The van der Waals surface area contributed by atoms with Crippen LogP contribution in [0.4, 0.5) is 0 Å². The first kappa shape index (κ1) is 7.26. The minimum absolute atomic E-state index is 0. The van der Waals surface area contributed by atoms with E-state index in [4.69, 9.17) is 0 Å². The molecule has 1 aliphatic rings. The van der Waals surface area contributed by atoms with Gasteiger partial charge in [-0.05, 0) is 25.5 Å². The van der Waals surface area contributed by atoms with Crippen LogP contribution in [0.5, 0.6) is 0 Å². The zero-order valence-electron chi connectivity index (χ0n) is 4.44. The topological polar surface area (TPSA) is 0 Å². The highest BCUT2D eigenvalue weighted by atomic mass is 13.9. The molecule has 0 unspecified atom stereocenters. The molecule has 0 atom stereocenters. The number of hydrogen-bond acceptors (Lipinski definition) is 0. The molecule has 0 aromatic rings. The van der Waals surface area contributed by atoms with E-state index in [1.54, 1.807) is 0 Å². The second-order valence-corrected chi connectivity index (χ2v) is 1.75. The van der Waals surface area contributed by atoms with Crippen molar-refractivity contribution in [1.82, 2.24) is 0 Å². The van der Waals surface area contributed by atoms with Crippen molar-refractivity contribution in [3.63, 3.8) is 0 Å². The van der Waals surface area contributed by atoms with E-state index in [0.29, 0.717) is 0 Å². The molecule has 0 nitrogen and oxygen atoms in total. The molecule has 44 valence electrons. The van der Waals surface area contributed by atoms with Crippen molar-refractivity contribution < 1.29 is 0 Å². The van der Waals surface area contributed by atoms with Crippen LogP contribution < -0.4 is 0 Å². The Morgan fingerprint density at radius 2 is 2.38 bits per heavy atom. The van der Waals surface area contributed by atoms with Gasteiger partial charge in [0.15, 0.2) is 0 Å². The SMILES string of the molecule is C.CC1=CC=C=CC1. The highest BCUT2D eigenvalue weighted by Gasteiger charge is 1.83. The predicted molar refractivity (Wildman–Crippen MR) is 37.8 cm³/mol. The zero-order chi connectivity index (χ0) is 5.11. The van der Waals surface area contributed by atoms with Crippen molar-refractivity contribution in [3.8, 4) is 0 Å². The Kier molecular flexibility index (Phi) is 2.98. The van der Waals surface area contributed by atoms with Gasteiger partial charge in [0.05, 0.1) is 0 Å². The average molecular weight is 108 g/mol. The Bertz CT molecular complexity index is 143. The number of rotatable bonds is 0. The zero-order valence-corrected chi connectivity index (χ0v) is 4.44. The van der Waals surface area contributed by atoms with Crippen LogP contribution >= 0.6 is 0 Å². The molecule has 0 saturated heterocycles. The van der Waals surface area contributed by atoms with Crippen LogP contribution in [-0.4, -0.2) is 0 Å². The number of allylic oxidation sites excluding steroid dienone is 3. The normalized spacial score (nSPS) is 14.9. The second-order valence-electron chi connectivity index (χ2n) is 1.75. The first-order chi connectivity index (χ1) is 3.39. The van der Waals surface area contributed by atoms with Crippen LogP contribution in [0.15, 0.2) is 29.5 Å². The Balaban J connectivity index is 0.000000490. The third-order valence-corrected chi connectivity index (χ3v) is 1.01. The molecule has 0 N–H and O–H groups in total. The molecule has 0 aromatic carbocycles. The minimum Gasteiger partial charge on any atom is -0.125 e. The third-order valence-electron chi connectivity index (χ3n) is 1.01. The van der Waals surface area contributed by atoms with E-state index in [2.05, 4.69) is 18.7 Å². The van der Waals surface area contributed by atoms with Crippen LogP contribution in [-0.2, 0) is 0 Å². The maximum Gasteiger partial charge on any atom is -0.00620 e. The Labute approximate surface area is 51.2 Å². The van der Waals surface area contributed by atoms with Crippen molar-refractivity contribution in [2.75, 3.05) is 0 Å². The van der Waals surface area contributed by atoms with Crippen LogP contribution in [0.2, 0.25) is 0 Å². The smallest absolute Gasteiger partial charge is 0.00620 e. The maximum atomic E-state index is 2.99. The summed E-state index contributed by atoms with van der Waals surface area (Å²) in [6.45, 7) is 2.12. The van der Waals surface area contributed by atoms with Crippen molar-refractivity contribution in [1.29, 1.82) is 0 Å². The molecule has 0 heteroatoms. The first-order valence-corrected chi connectivity index (χ1v) is 2.46. The van der Waals surface area contributed by atoms with Gasteiger partial charge in [0.1, 0.15) is 0 Å². The summed E-state index contributed by atoms with van der Waals surface area (Å²) in [5.74, 6) is 0. The largest absolute Gasteiger partial charge is 0.125 e. The molecule has 1 aliphatic carbocycles. The van der Waals surface area contributed by atoms with Gasteiger partial charge in [0.2, 0.25) is 0 Å². The molecule has 0 aliphatic heterocycles. The van der Waals surface area contributed by atoms with Crippen LogP contribution in [0, 0.1) is 0 Å². The van der Waals surface area contributed by atoms with Gasteiger partial charge in [-0.2, -0.15) is 0 Å². The maximum absolute atomic E-state index is 2.99. The lowest BCUT2D eigenvalue weighted by Crippen LogP contribution is -1.72. The molecule has 0 saturated carbocycles. The number of hydrogen-bond donors (Lipinski definition) is 0. The van der Waals surface area contributed by atoms with Gasteiger partial charge >= 0.3 is 0 Å². The fourth-order valence-electron chi connectivity index (χ4n) is 0.546. The molecule has 1 rings (SSSR count). The fourth-order valence-corrected chi connectivity index (χ4v) is 0.546. The first-order valence-electron chi connectivity index (χ1n) is 2.46. The van der Waals surface area contributed by atoms with Gasteiger partial charge in [-0.15, -0.1) is 5.73 Å². The molecular formula is C8H12. The van der Waals surface area contributed by atoms with Gasteiger partial charge in [0, 0.05) is 0 Å². The minimum atomic E-state index is 0. The lowest BCUT2D eigenvalue weighted by atomic mass is 10.1. The van der Waals surface area contributed by atoms with Crippen molar-refractivity contribution in [3.05, 3.63) is 29.5 Å². The molecular weight excluding hydrogens is 96.1 g/mol. The van der Waals surface area contributed by atoms with E-state index in [-0.39, 0.29) is 7.43 Å². The lowest BCUT2D eigenvalue weighted by Gasteiger charge is -1.91. The van der Waals surface area contributed by atoms with Crippen molar-refractivity contribution in [2.45, 2.75) is 20.8 Å². The van der Waals surface area contributed by atoms with Gasteiger partial charge < -0.3 is 0 Å². The molecule has 0 fully saturated rings. The highest BCUT2D eigenvalue weighted by Crippen LogP contribution is 2.02. The second kappa shape index (κ2) is 3.29. The van der Waals surface area contributed by atoms with Gasteiger partial charge in [-0.25, -0.2) is 0 Å². The summed E-state index contributed by atoms with van der Waals surface area (Å²) < 4.78 is 0. The Hall–Kier alpha value is -0.740. The predicted octanol–water partition coefficient (Wildman–Crippen LogP) is 2.68. The van der Waals surface area contributed by atoms with E-state index in [0.717, 1.165) is 6.42 Å². The summed E-state index contributed by atoms with van der Waals surface area (Å²) in [6, 6.07) is 0. The summed E-state index contributed by atoms with van der Waals surface area (Å²) >= 11 is 0. The molecule has 0 aromatic heterocycles. The fraction of sp³-hybridized carbons (Fsp3) is 0.375. The van der Waals surface area contributed by atoms with E-state index in [9.17, 15) is 0 Å². The lowest BCUT2D eigenvalue weighted by molar-refractivity contribution is 1.20. The van der Waals surface area contributed by atoms with E-state index < -0.39 is 0 Å². The molecule has 0 radical (unpaired) electrons. The van der Waals surface area contributed by atoms with Crippen molar-refractivity contribution in [2.24, 2.45) is 0 Å². The van der Waals surface area contributed by atoms with E-state index in [1.807, 2.05) is 12.2 Å². The van der Waals surface area contributed by atoms with Crippen molar-refractivity contribution >= 4 is 0 Å². The van der Waals surface area contributed by atoms with Gasteiger partial charge in [-0.3, -0.25) is 0 Å². The van der Waals surface area contributed by atoms with Crippen LogP contribution in [0.3, 0.4) is 0 Å². The monoisotopic (exact) mass is 108 g/mol. The summed E-state index contributed by atoms with van der Waals surface area (Å²) in [4.78, 5) is 0. The van der Waals surface area contributed by atoms with E-state index in [1.165, 1.54) is 5.57 Å². The Morgan fingerprint density at radius 3 is 2.62 bits per heavy atom. The van der Waals surface area contributed by atoms with Gasteiger partial charge in [-0.1, -0.05) is 19.1 Å².